The zero-order chi connectivity index (χ0) is 31.7. The highest BCUT2D eigenvalue weighted by atomic mass is 16.4. The minimum absolute atomic E-state index is 0.0247. The number of fused-ring (bicyclic) bond motifs is 1. The summed E-state index contributed by atoms with van der Waals surface area (Å²) in [6.07, 6.45) is 0.687. The van der Waals surface area contributed by atoms with Gasteiger partial charge < -0.3 is 21.1 Å². The summed E-state index contributed by atoms with van der Waals surface area (Å²) in [5.41, 5.74) is 10.9. The van der Waals surface area contributed by atoms with Gasteiger partial charge in [-0.3, -0.25) is 4.90 Å². The number of unbranched alkanes of at least 4 members (excludes halogenated alkanes) is 1. The monoisotopic (exact) mass is 594 g/mol. The van der Waals surface area contributed by atoms with E-state index in [0.717, 1.165) is 45.9 Å². The maximum absolute atomic E-state index is 13.7. The number of amides is 3. The molecule has 44 heavy (non-hydrogen) atoms. The van der Waals surface area contributed by atoms with E-state index in [1.165, 1.54) is 10.5 Å². The van der Waals surface area contributed by atoms with Crippen LogP contribution in [0, 0.1) is 0 Å². The summed E-state index contributed by atoms with van der Waals surface area (Å²) in [5, 5.41) is 15.3. The van der Waals surface area contributed by atoms with Crippen LogP contribution < -0.4 is 11.1 Å². The summed E-state index contributed by atoms with van der Waals surface area (Å²) in [6, 6.07) is 29.9. The van der Waals surface area contributed by atoms with Gasteiger partial charge in [-0.15, -0.1) is 0 Å². The lowest BCUT2D eigenvalue weighted by Crippen LogP contribution is -2.41. The fourth-order valence-electron chi connectivity index (χ4n) is 5.38. The number of carbonyl (C=O) groups is 2. The van der Waals surface area contributed by atoms with E-state index in [0.29, 0.717) is 26.2 Å². The Balaban J connectivity index is 1.46. The van der Waals surface area contributed by atoms with E-state index < -0.39 is 6.09 Å². The number of hydrogen-bond donors (Lipinski definition) is 3. The van der Waals surface area contributed by atoms with E-state index in [9.17, 15) is 14.7 Å². The van der Waals surface area contributed by atoms with Gasteiger partial charge in [0.2, 0.25) is 0 Å². The van der Waals surface area contributed by atoms with Crippen molar-refractivity contribution in [2.45, 2.75) is 71.6 Å². The van der Waals surface area contributed by atoms with Gasteiger partial charge in [0.05, 0.1) is 6.04 Å². The zero-order valence-electron chi connectivity index (χ0n) is 26.4. The van der Waals surface area contributed by atoms with Crippen molar-refractivity contribution < 1.29 is 14.7 Å². The summed E-state index contributed by atoms with van der Waals surface area (Å²) in [4.78, 5) is 28.8. The first kappa shape index (κ1) is 32.6. The Morgan fingerprint density at radius 2 is 1.41 bits per heavy atom. The van der Waals surface area contributed by atoms with Crippen LogP contribution in [-0.2, 0) is 25.0 Å². The van der Waals surface area contributed by atoms with Gasteiger partial charge in [0.1, 0.15) is 0 Å². The molecule has 0 saturated carbocycles. The van der Waals surface area contributed by atoms with Gasteiger partial charge in [-0.1, -0.05) is 112 Å². The van der Waals surface area contributed by atoms with Crippen molar-refractivity contribution in [3.05, 3.63) is 119 Å². The summed E-state index contributed by atoms with van der Waals surface area (Å²) in [5.74, 6) is 0. The summed E-state index contributed by atoms with van der Waals surface area (Å²) < 4.78 is 0. The molecular weight excluding hydrogens is 548 g/mol. The van der Waals surface area contributed by atoms with Gasteiger partial charge in [0.25, 0.3) is 0 Å². The van der Waals surface area contributed by atoms with Crippen molar-refractivity contribution in [2.24, 2.45) is 5.73 Å². The van der Waals surface area contributed by atoms with Crippen LogP contribution in [0.2, 0.25) is 0 Å². The number of hydrogen-bond acceptors (Lipinski definition) is 3. The molecule has 0 saturated heterocycles. The lowest BCUT2D eigenvalue weighted by atomic mass is 9.85. The Bertz CT molecular complexity index is 1530. The van der Waals surface area contributed by atoms with Crippen LogP contribution in [0.25, 0.3) is 10.8 Å². The van der Waals surface area contributed by atoms with Crippen LogP contribution in [-0.4, -0.2) is 40.1 Å². The van der Waals surface area contributed by atoms with Gasteiger partial charge in [0, 0.05) is 26.2 Å². The molecule has 0 radical (unpaired) electrons. The number of nitrogens with zero attached hydrogens (tertiary/aromatic N) is 2. The van der Waals surface area contributed by atoms with E-state index in [4.69, 9.17) is 5.73 Å². The van der Waals surface area contributed by atoms with E-state index in [2.05, 4.69) is 56.4 Å². The van der Waals surface area contributed by atoms with Gasteiger partial charge in [-0.2, -0.15) is 0 Å². The molecule has 7 heteroatoms. The SMILES string of the molecule is CC(NC(=O)N(CCCCN)Cc1ccc(CN(Cc2ccccc2)C(=O)O)cc1)c1cccc2ccc(C(C)(C)C)cc12. The minimum Gasteiger partial charge on any atom is -0.465 e. The Morgan fingerprint density at radius 3 is 2.00 bits per heavy atom. The summed E-state index contributed by atoms with van der Waals surface area (Å²) in [6.45, 7) is 10.9. The maximum Gasteiger partial charge on any atom is 0.407 e. The van der Waals surface area contributed by atoms with E-state index >= 15 is 0 Å². The Labute approximate surface area is 261 Å². The maximum atomic E-state index is 13.7. The Hall–Kier alpha value is -4.36. The van der Waals surface area contributed by atoms with Crippen molar-refractivity contribution in [3.63, 3.8) is 0 Å². The first-order chi connectivity index (χ1) is 21.0. The number of nitrogens with one attached hydrogen (secondary N) is 1. The average molecular weight is 595 g/mol. The van der Waals surface area contributed by atoms with Crippen molar-refractivity contribution in [3.8, 4) is 0 Å². The smallest absolute Gasteiger partial charge is 0.407 e. The summed E-state index contributed by atoms with van der Waals surface area (Å²) >= 11 is 0. The van der Waals surface area contributed by atoms with E-state index in [-0.39, 0.29) is 24.0 Å². The topological polar surface area (TPSA) is 98.9 Å². The third-order valence-corrected chi connectivity index (χ3v) is 8.01. The van der Waals surface area contributed by atoms with Crippen LogP contribution in [0.5, 0.6) is 0 Å². The third-order valence-electron chi connectivity index (χ3n) is 8.01. The van der Waals surface area contributed by atoms with Crippen LogP contribution in [0.3, 0.4) is 0 Å². The van der Waals surface area contributed by atoms with E-state index in [1.54, 1.807) is 0 Å². The normalized spacial score (nSPS) is 12.1. The Kier molecular flexibility index (Phi) is 11.0. The fourth-order valence-corrected chi connectivity index (χ4v) is 5.38. The first-order valence-electron chi connectivity index (χ1n) is 15.4. The van der Waals surface area contributed by atoms with Crippen molar-refractivity contribution in [1.82, 2.24) is 15.1 Å². The van der Waals surface area contributed by atoms with Crippen LogP contribution in [0.4, 0.5) is 9.59 Å². The molecule has 0 aliphatic heterocycles. The molecule has 0 aromatic heterocycles. The van der Waals surface area contributed by atoms with Gasteiger partial charge in [-0.05, 0) is 70.3 Å². The molecule has 0 aliphatic carbocycles. The molecule has 0 fully saturated rings. The summed E-state index contributed by atoms with van der Waals surface area (Å²) in [7, 11) is 0. The molecule has 0 aliphatic rings. The highest BCUT2D eigenvalue weighted by molar-refractivity contribution is 5.87. The molecule has 7 nitrogen and oxygen atoms in total. The quantitative estimate of drug-likeness (QED) is 0.146. The molecule has 0 spiro atoms. The number of rotatable bonds is 12. The molecule has 4 aromatic rings. The number of benzene rings is 4. The molecule has 4 rings (SSSR count). The second kappa shape index (κ2) is 14.9. The molecule has 0 heterocycles. The number of urea groups is 1. The molecular formula is C37H46N4O3. The van der Waals surface area contributed by atoms with Gasteiger partial charge in [0.15, 0.2) is 0 Å². The predicted octanol–water partition coefficient (Wildman–Crippen LogP) is 7.83. The van der Waals surface area contributed by atoms with E-state index in [1.807, 2.05) is 72.5 Å². The predicted molar refractivity (Wildman–Crippen MR) is 178 cm³/mol. The number of carboxylic acid groups (broad SMARTS) is 1. The highest BCUT2D eigenvalue weighted by Crippen LogP contribution is 2.30. The van der Waals surface area contributed by atoms with Crippen LogP contribution in [0.15, 0.2) is 91.0 Å². The van der Waals surface area contributed by atoms with Gasteiger partial charge >= 0.3 is 12.1 Å². The highest BCUT2D eigenvalue weighted by Gasteiger charge is 2.20. The van der Waals surface area contributed by atoms with Crippen molar-refractivity contribution >= 4 is 22.9 Å². The first-order valence-corrected chi connectivity index (χ1v) is 15.4. The Morgan fingerprint density at radius 1 is 0.795 bits per heavy atom. The lowest BCUT2D eigenvalue weighted by molar-refractivity contribution is 0.139. The van der Waals surface area contributed by atoms with Crippen molar-refractivity contribution in [2.75, 3.05) is 13.1 Å². The average Bonchev–Trinajstić information content (AvgIpc) is 3.00. The van der Waals surface area contributed by atoms with Gasteiger partial charge in [-0.25, -0.2) is 9.59 Å². The standard InChI is InChI=1S/C37H46N4O3/c1-27(33-14-10-13-31-19-20-32(23-34(31)33)37(2,3)4)39-35(42)40(22-9-8-21-38)24-29-15-17-30(18-16-29)26-41(36(43)44)25-28-11-6-5-7-12-28/h5-7,10-20,23,27H,8-9,21-22,24-26,38H2,1-4H3,(H,39,42)(H,43,44). The fraction of sp³-hybridized carbons (Fsp3) is 0.351. The third kappa shape index (κ3) is 8.83. The molecule has 3 amide bonds. The second-order valence-corrected chi connectivity index (χ2v) is 12.6. The van der Waals surface area contributed by atoms with Crippen LogP contribution in [0.1, 0.15) is 74.4 Å². The zero-order valence-corrected chi connectivity index (χ0v) is 26.4. The molecule has 4 N–H and O–H groups in total. The lowest BCUT2D eigenvalue weighted by Gasteiger charge is -2.27. The molecule has 1 atom stereocenters. The molecule has 232 valence electrons. The molecule has 4 aromatic carbocycles. The minimum atomic E-state index is -0.962. The second-order valence-electron chi connectivity index (χ2n) is 12.6. The van der Waals surface area contributed by atoms with Crippen LogP contribution >= 0.6 is 0 Å². The number of carbonyl (C=O) groups excluding carboxylic acids is 1. The molecule has 0 bridgehead atoms. The number of nitrogens with two attached hydrogens (primary N) is 1. The largest absolute Gasteiger partial charge is 0.465 e. The van der Waals surface area contributed by atoms with Crippen molar-refractivity contribution in [1.29, 1.82) is 0 Å². The molecule has 1 unspecified atom stereocenters.